The lowest BCUT2D eigenvalue weighted by Crippen LogP contribution is -2.33. The fraction of sp³-hybridized carbons (Fsp3) is 0.667. The van der Waals surface area contributed by atoms with Crippen LogP contribution in [0.3, 0.4) is 0 Å². The van der Waals surface area contributed by atoms with Gasteiger partial charge in [-0.1, -0.05) is 6.92 Å². The van der Waals surface area contributed by atoms with Gasteiger partial charge in [-0.3, -0.25) is 9.88 Å². The second-order valence-corrected chi connectivity index (χ2v) is 5.18. The monoisotopic (exact) mass is 263 g/mol. The molecule has 0 saturated heterocycles. The second kappa shape index (κ2) is 6.87. The van der Waals surface area contributed by atoms with E-state index >= 15 is 0 Å². The van der Waals surface area contributed by atoms with E-state index in [9.17, 15) is 0 Å². The lowest BCUT2D eigenvalue weighted by Gasteiger charge is -2.19. The van der Waals surface area contributed by atoms with Gasteiger partial charge in [0.2, 0.25) is 0 Å². The van der Waals surface area contributed by atoms with E-state index in [1.54, 1.807) is 7.11 Å². The summed E-state index contributed by atoms with van der Waals surface area (Å²) in [6.45, 7) is 8.35. The molecule has 0 aromatic carbocycles. The number of nitrogens with zero attached hydrogens (tertiary/aromatic N) is 2. The van der Waals surface area contributed by atoms with Gasteiger partial charge < -0.3 is 10.1 Å². The van der Waals surface area contributed by atoms with Gasteiger partial charge in [0.05, 0.1) is 12.8 Å². The van der Waals surface area contributed by atoms with Crippen LogP contribution in [0, 0.1) is 6.92 Å². The van der Waals surface area contributed by atoms with E-state index < -0.39 is 0 Å². The molecule has 4 nitrogen and oxygen atoms in total. The van der Waals surface area contributed by atoms with Crippen LogP contribution in [-0.2, 0) is 6.54 Å². The zero-order valence-corrected chi connectivity index (χ0v) is 12.3. The maximum atomic E-state index is 5.26. The number of rotatable bonds is 8. The average molecular weight is 263 g/mol. The van der Waals surface area contributed by atoms with Crippen LogP contribution in [0.5, 0.6) is 5.75 Å². The molecule has 4 heteroatoms. The van der Waals surface area contributed by atoms with E-state index in [1.807, 2.05) is 19.1 Å². The average Bonchev–Trinajstić information content (AvgIpc) is 3.22. The van der Waals surface area contributed by atoms with Gasteiger partial charge in [-0.05, 0) is 26.3 Å². The third-order valence-electron chi connectivity index (χ3n) is 3.57. The van der Waals surface area contributed by atoms with Crippen molar-refractivity contribution in [3.05, 3.63) is 23.5 Å². The predicted octanol–water partition coefficient (Wildman–Crippen LogP) is 1.97. The smallest absolute Gasteiger partial charge is 0.122 e. The van der Waals surface area contributed by atoms with Gasteiger partial charge in [0, 0.05) is 43.5 Å². The highest BCUT2D eigenvalue weighted by atomic mass is 16.5. The first-order valence-corrected chi connectivity index (χ1v) is 7.19. The van der Waals surface area contributed by atoms with Crippen LogP contribution in [0.2, 0.25) is 0 Å². The van der Waals surface area contributed by atoms with Gasteiger partial charge in [-0.15, -0.1) is 0 Å². The molecule has 0 aliphatic heterocycles. The van der Waals surface area contributed by atoms with Crippen molar-refractivity contribution in [2.75, 3.05) is 26.7 Å². The van der Waals surface area contributed by atoms with Crippen molar-refractivity contribution in [3.63, 3.8) is 0 Å². The number of hydrogen-bond donors (Lipinski definition) is 1. The number of nitrogens with one attached hydrogen (secondary N) is 1. The number of pyridine rings is 1. The largest absolute Gasteiger partial charge is 0.497 e. The maximum Gasteiger partial charge on any atom is 0.122 e. The normalized spacial score (nSPS) is 14.9. The Kier molecular flexibility index (Phi) is 5.16. The Hall–Kier alpha value is -1.13. The van der Waals surface area contributed by atoms with E-state index in [4.69, 9.17) is 4.74 Å². The first-order chi connectivity index (χ1) is 9.22. The molecule has 106 valence electrons. The van der Waals surface area contributed by atoms with Gasteiger partial charge in [-0.25, -0.2) is 0 Å². The fourth-order valence-corrected chi connectivity index (χ4v) is 2.39. The number of likely N-dealkylation sites (N-methyl/N-ethyl adjacent to an activating group) is 1. The zero-order valence-electron chi connectivity index (χ0n) is 12.3. The predicted molar refractivity (Wildman–Crippen MR) is 77.5 cm³/mol. The minimum absolute atomic E-state index is 0.806. The first kappa shape index (κ1) is 14.3. The van der Waals surface area contributed by atoms with E-state index in [2.05, 4.69) is 22.1 Å². The highest BCUT2D eigenvalue weighted by molar-refractivity contribution is 5.26. The van der Waals surface area contributed by atoms with Crippen molar-refractivity contribution in [1.82, 2.24) is 15.2 Å². The molecule has 19 heavy (non-hydrogen) atoms. The Morgan fingerprint density at radius 1 is 1.42 bits per heavy atom. The SMILES string of the molecule is CCN(CCNCc1cc(OC)cc(C)n1)C1CC1. The highest BCUT2D eigenvalue weighted by Crippen LogP contribution is 2.25. The van der Waals surface area contributed by atoms with Crippen LogP contribution in [-0.4, -0.2) is 42.7 Å². The molecular weight excluding hydrogens is 238 g/mol. The van der Waals surface area contributed by atoms with Gasteiger partial charge in [0.15, 0.2) is 0 Å². The summed E-state index contributed by atoms with van der Waals surface area (Å²) in [6.07, 6.45) is 2.76. The minimum Gasteiger partial charge on any atom is -0.497 e. The van der Waals surface area contributed by atoms with Gasteiger partial charge in [0.1, 0.15) is 5.75 Å². The molecule has 1 saturated carbocycles. The van der Waals surface area contributed by atoms with E-state index in [-0.39, 0.29) is 0 Å². The first-order valence-electron chi connectivity index (χ1n) is 7.19. The summed E-state index contributed by atoms with van der Waals surface area (Å²) >= 11 is 0. The molecule has 1 fully saturated rings. The van der Waals surface area contributed by atoms with Crippen LogP contribution in [0.4, 0.5) is 0 Å². The summed E-state index contributed by atoms with van der Waals surface area (Å²) in [5, 5.41) is 3.47. The van der Waals surface area contributed by atoms with E-state index in [0.717, 1.165) is 49.4 Å². The molecule has 0 radical (unpaired) electrons. The van der Waals surface area contributed by atoms with Gasteiger partial charge >= 0.3 is 0 Å². The number of aryl methyl sites for hydroxylation is 1. The van der Waals surface area contributed by atoms with Crippen LogP contribution < -0.4 is 10.1 Å². The topological polar surface area (TPSA) is 37.4 Å². The number of aromatic nitrogens is 1. The Morgan fingerprint density at radius 3 is 2.84 bits per heavy atom. The lowest BCUT2D eigenvalue weighted by molar-refractivity contribution is 0.276. The summed E-state index contributed by atoms with van der Waals surface area (Å²) in [7, 11) is 1.70. The molecule has 0 bridgehead atoms. The molecule has 1 aromatic heterocycles. The summed E-state index contributed by atoms with van der Waals surface area (Å²) in [6, 6.07) is 4.80. The third-order valence-corrected chi connectivity index (χ3v) is 3.57. The van der Waals surface area contributed by atoms with Crippen molar-refractivity contribution >= 4 is 0 Å². The third kappa shape index (κ3) is 4.48. The van der Waals surface area contributed by atoms with E-state index in [0.29, 0.717) is 0 Å². The molecule has 1 aliphatic carbocycles. The van der Waals surface area contributed by atoms with Crippen LogP contribution in [0.1, 0.15) is 31.2 Å². The molecule has 1 heterocycles. The Morgan fingerprint density at radius 2 is 2.21 bits per heavy atom. The number of hydrogen-bond acceptors (Lipinski definition) is 4. The Bertz CT molecular complexity index is 404. The highest BCUT2D eigenvalue weighted by Gasteiger charge is 2.26. The van der Waals surface area contributed by atoms with Crippen LogP contribution in [0.15, 0.2) is 12.1 Å². The number of methoxy groups -OCH3 is 1. The standard InChI is InChI=1S/C15H25N3O/c1-4-18(14-5-6-14)8-7-16-11-13-10-15(19-3)9-12(2)17-13/h9-10,14,16H,4-8,11H2,1-3H3. The van der Waals surface area contributed by atoms with Crippen LogP contribution >= 0.6 is 0 Å². The molecule has 1 aliphatic rings. The molecule has 1 aromatic rings. The summed E-state index contributed by atoms with van der Waals surface area (Å²) < 4.78 is 5.26. The molecule has 1 N–H and O–H groups in total. The molecule has 0 amide bonds. The van der Waals surface area contributed by atoms with Gasteiger partial charge in [-0.2, -0.15) is 0 Å². The number of ether oxygens (including phenoxy) is 1. The molecule has 0 unspecified atom stereocenters. The van der Waals surface area contributed by atoms with Crippen molar-refractivity contribution in [2.24, 2.45) is 0 Å². The van der Waals surface area contributed by atoms with E-state index in [1.165, 1.54) is 12.8 Å². The Balaban J connectivity index is 1.74. The maximum absolute atomic E-state index is 5.26. The van der Waals surface area contributed by atoms with Crippen molar-refractivity contribution in [2.45, 2.75) is 39.3 Å². The molecule has 0 atom stereocenters. The molecular formula is C15H25N3O. The zero-order chi connectivity index (χ0) is 13.7. The minimum atomic E-state index is 0.806. The summed E-state index contributed by atoms with van der Waals surface area (Å²) in [4.78, 5) is 7.06. The quantitative estimate of drug-likeness (QED) is 0.728. The molecule has 0 spiro atoms. The Labute approximate surface area is 116 Å². The van der Waals surface area contributed by atoms with Gasteiger partial charge in [0.25, 0.3) is 0 Å². The summed E-state index contributed by atoms with van der Waals surface area (Å²) in [5.41, 5.74) is 2.05. The fourth-order valence-electron chi connectivity index (χ4n) is 2.39. The van der Waals surface area contributed by atoms with Crippen molar-refractivity contribution < 1.29 is 4.74 Å². The lowest BCUT2D eigenvalue weighted by atomic mass is 10.3. The summed E-state index contributed by atoms with van der Waals surface area (Å²) in [5.74, 6) is 0.887. The second-order valence-electron chi connectivity index (χ2n) is 5.18. The van der Waals surface area contributed by atoms with Crippen molar-refractivity contribution in [1.29, 1.82) is 0 Å². The van der Waals surface area contributed by atoms with Crippen molar-refractivity contribution in [3.8, 4) is 5.75 Å². The molecule has 2 rings (SSSR count). The van der Waals surface area contributed by atoms with Crippen LogP contribution in [0.25, 0.3) is 0 Å².